The number of nitrogens with zero attached hydrogens (tertiary/aromatic N) is 3. The molecule has 0 bridgehead atoms. The molecule has 0 radical (unpaired) electrons. The van der Waals surface area contributed by atoms with Gasteiger partial charge in [-0.05, 0) is 48.5 Å². The van der Waals surface area contributed by atoms with E-state index in [-0.39, 0.29) is 11.8 Å². The first kappa shape index (κ1) is 24.6. The second kappa shape index (κ2) is 10.8. The molecule has 1 aliphatic heterocycles. The number of halogens is 2. The Morgan fingerprint density at radius 2 is 1.66 bits per heavy atom. The van der Waals surface area contributed by atoms with E-state index in [1.165, 1.54) is 14.2 Å². The van der Waals surface area contributed by atoms with Crippen LogP contribution >= 0.6 is 23.2 Å². The molecule has 1 saturated heterocycles. The molecule has 2 heterocycles. The lowest BCUT2D eigenvalue weighted by Crippen LogP contribution is -2.49. The molecule has 3 aromatic rings. The summed E-state index contributed by atoms with van der Waals surface area (Å²) < 4.78 is 10.5. The minimum Gasteiger partial charge on any atom is -0.493 e. The van der Waals surface area contributed by atoms with Crippen molar-refractivity contribution in [2.45, 2.75) is 0 Å². The first-order chi connectivity index (χ1) is 16.9. The predicted molar refractivity (Wildman–Crippen MR) is 136 cm³/mol. The van der Waals surface area contributed by atoms with Gasteiger partial charge in [0.15, 0.2) is 11.5 Å². The van der Waals surface area contributed by atoms with Gasteiger partial charge in [0.05, 0.1) is 36.7 Å². The molecule has 35 heavy (non-hydrogen) atoms. The number of aromatic nitrogens is 1. The van der Waals surface area contributed by atoms with Crippen LogP contribution in [0.5, 0.6) is 11.5 Å². The number of pyridine rings is 1. The third-order valence-electron chi connectivity index (χ3n) is 5.70. The number of rotatable bonds is 6. The second-order valence-electron chi connectivity index (χ2n) is 7.83. The Hall–Kier alpha value is -3.49. The zero-order valence-electron chi connectivity index (χ0n) is 19.3. The predicted octanol–water partition coefficient (Wildman–Crippen LogP) is 4.62. The summed E-state index contributed by atoms with van der Waals surface area (Å²) in [4.78, 5) is 33.8. The minimum absolute atomic E-state index is 0.118. The maximum atomic E-state index is 12.8. The van der Waals surface area contributed by atoms with Crippen molar-refractivity contribution in [1.29, 1.82) is 0 Å². The summed E-state index contributed by atoms with van der Waals surface area (Å²) in [6.07, 6.45) is 1.61. The fraction of sp³-hybridized carbons (Fsp3) is 0.240. The van der Waals surface area contributed by atoms with Gasteiger partial charge in [0.25, 0.3) is 11.8 Å². The lowest BCUT2D eigenvalue weighted by atomic mass is 10.1. The van der Waals surface area contributed by atoms with E-state index < -0.39 is 0 Å². The van der Waals surface area contributed by atoms with E-state index in [0.717, 1.165) is 5.82 Å². The molecular formula is C25H24Cl2N4O4. The number of benzene rings is 2. The van der Waals surface area contributed by atoms with Crippen LogP contribution in [0.1, 0.15) is 20.7 Å². The van der Waals surface area contributed by atoms with Crippen LogP contribution in [0.2, 0.25) is 10.0 Å². The summed E-state index contributed by atoms with van der Waals surface area (Å²) in [7, 11) is 3.06. The van der Waals surface area contributed by atoms with Crippen LogP contribution in [0.3, 0.4) is 0 Å². The third-order valence-corrected chi connectivity index (χ3v) is 6.25. The van der Waals surface area contributed by atoms with Crippen LogP contribution in [0.15, 0.2) is 54.7 Å². The molecule has 8 nitrogen and oxygen atoms in total. The fourth-order valence-corrected chi connectivity index (χ4v) is 4.29. The normalized spacial score (nSPS) is 13.4. The van der Waals surface area contributed by atoms with Crippen LogP contribution < -0.4 is 19.7 Å². The third kappa shape index (κ3) is 5.61. The summed E-state index contributed by atoms with van der Waals surface area (Å²) in [5.41, 5.74) is 1.45. The average Bonchev–Trinajstić information content (AvgIpc) is 2.88. The smallest absolute Gasteiger partial charge is 0.255 e. The number of anilines is 2. The van der Waals surface area contributed by atoms with Gasteiger partial charge in [-0.2, -0.15) is 0 Å². The van der Waals surface area contributed by atoms with E-state index >= 15 is 0 Å². The number of carbonyl (C=O) groups excluding carboxylic acids is 2. The first-order valence-electron chi connectivity index (χ1n) is 10.9. The molecule has 0 atom stereocenters. The second-order valence-corrected chi connectivity index (χ2v) is 8.68. The molecule has 1 aliphatic rings. The van der Waals surface area contributed by atoms with Crippen molar-refractivity contribution in [2.75, 3.05) is 50.6 Å². The van der Waals surface area contributed by atoms with E-state index in [1.54, 1.807) is 53.6 Å². The van der Waals surface area contributed by atoms with Crippen molar-refractivity contribution in [2.24, 2.45) is 0 Å². The molecule has 0 unspecified atom stereocenters. The number of piperazine rings is 1. The Morgan fingerprint density at radius 3 is 2.29 bits per heavy atom. The molecule has 2 aromatic carbocycles. The van der Waals surface area contributed by atoms with Crippen LogP contribution in [0.4, 0.5) is 11.5 Å². The summed E-state index contributed by atoms with van der Waals surface area (Å²) in [5.74, 6) is 1.39. The lowest BCUT2D eigenvalue weighted by Gasteiger charge is -2.35. The van der Waals surface area contributed by atoms with Gasteiger partial charge in [0.1, 0.15) is 5.82 Å². The van der Waals surface area contributed by atoms with Crippen LogP contribution in [-0.2, 0) is 0 Å². The van der Waals surface area contributed by atoms with Crippen molar-refractivity contribution in [3.05, 3.63) is 75.9 Å². The number of amides is 2. The van der Waals surface area contributed by atoms with Crippen LogP contribution in [0, 0.1) is 0 Å². The van der Waals surface area contributed by atoms with Gasteiger partial charge in [0.2, 0.25) is 0 Å². The number of methoxy groups -OCH3 is 2. The monoisotopic (exact) mass is 514 g/mol. The number of ether oxygens (including phenoxy) is 2. The van der Waals surface area contributed by atoms with Gasteiger partial charge in [-0.1, -0.05) is 23.2 Å². The topological polar surface area (TPSA) is 84.0 Å². The summed E-state index contributed by atoms with van der Waals surface area (Å²) >= 11 is 12.1. The fourth-order valence-electron chi connectivity index (χ4n) is 3.80. The Labute approximate surface area is 213 Å². The molecule has 1 aromatic heterocycles. The molecule has 0 spiro atoms. The molecule has 1 N–H and O–H groups in total. The minimum atomic E-state index is -0.284. The van der Waals surface area contributed by atoms with E-state index in [0.29, 0.717) is 64.5 Å². The number of carbonyl (C=O) groups is 2. The maximum Gasteiger partial charge on any atom is 0.255 e. The van der Waals surface area contributed by atoms with Gasteiger partial charge in [-0.3, -0.25) is 9.59 Å². The molecule has 1 fully saturated rings. The summed E-state index contributed by atoms with van der Waals surface area (Å²) in [6.45, 7) is 2.33. The standard InChI is InChI=1S/C25H24Cl2N4O4/c1-34-21-7-3-16(13-22(21)35-2)24(32)29-18-5-8-23(28-15-18)30-9-11-31(12-10-30)25(33)19-6-4-17(26)14-20(19)27/h3-8,13-15H,9-12H2,1-2H3,(H,29,32). The Balaban J connectivity index is 1.35. The molecule has 182 valence electrons. The van der Waals surface area contributed by atoms with Crippen LogP contribution in [-0.4, -0.2) is 62.1 Å². The van der Waals surface area contributed by atoms with Crippen molar-refractivity contribution in [1.82, 2.24) is 9.88 Å². The quantitative estimate of drug-likeness (QED) is 0.516. The summed E-state index contributed by atoms with van der Waals surface area (Å²) in [6, 6.07) is 13.5. The van der Waals surface area contributed by atoms with Crippen molar-refractivity contribution in [3.63, 3.8) is 0 Å². The van der Waals surface area contributed by atoms with Gasteiger partial charge in [-0.25, -0.2) is 4.98 Å². The Kier molecular flexibility index (Phi) is 7.63. The van der Waals surface area contributed by atoms with Crippen molar-refractivity contribution < 1.29 is 19.1 Å². The SMILES string of the molecule is COc1ccc(C(=O)Nc2ccc(N3CCN(C(=O)c4ccc(Cl)cc4Cl)CC3)nc2)cc1OC. The van der Waals surface area contributed by atoms with E-state index in [2.05, 4.69) is 15.2 Å². The highest BCUT2D eigenvalue weighted by Crippen LogP contribution is 2.28. The number of nitrogens with one attached hydrogen (secondary N) is 1. The first-order valence-corrected chi connectivity index (χ1v) is 11.6. The number of hydrogen-bond donors (Lipinski definition) is 1. The zero-order valence-corrected chi connectivity index (χ0v) is 20.8. The summed E-state index contributed by atoms with van der Waals surface area (Å²) in [5, 5.41) is 3.67. The molecule has 0 saturated carbocycles. The van der Waals surface area contributed by atoms with E-state index in [9.17, 15) is 9.59 Å². The highest BCUT2D eigenvalue weighted by molar-refractivity contribution is 6.36. The largest absolute Gasteiger partial charge is 0.493 e. The molecule has 10 heteroatoms. The van der Waals surface area contributed by atoms with Gasteiger partial charge >= 0.3 is 0 Å². The van der Waals surface area contributed by atoms with Gasteiger partial charge in [0, 0.05) is 36.8 Å². The Morgan fingerprint density at radius 1 is 0.914 bits per heavy atom. The van der Waals surface area contributed by atoms with Gasteiger partial charge in [-0.15, -0.1) is 0 Å². The highest BCUT2D eigenvalue weighted by atomic mass is 35.5. The zero-order chi connectivity index (χ0) is 24.9. The number of hydrogen-bond acceptors (Lipinski definition) is 6. The molecule has 2 amide bonds. The highest BCUT2D eigenvalue weighted by Gasteiger charge is 2.24. The van der Waals surface area contributed by atoms with Crippen molar-refractivity contribution >= 4 is 46.5 Å². The molecule has 4 rings (SSSR count). The molecular weight excluding hydrogens is 491 g/mol. The van der Waals surface area contributed by atoms with E-state index in [4.69, 9.17) is 32.7 Å². The Bertz CT molecular complexity index is 1230. The lowest BCUT2D eigenvalue weighted by molar-refractivity contribution is 0.0746. The van der Waals surface area contributed by atoms with Crippen molar-refractivity contribution in [3.8, 4) is 11.5 Å². The average molecular weight is 515 g/mol. The molecule has 0 aliphatic carbocycles. The maximum absolute atomic E-state index is 12.8. The van der Waals surface area contributed by atoms with Gasteiger partial charge < -0.3 is 24.6 Å². The van der Waals surface area contributed by atoms with Crippen LogP contribution in [0.25, 0.3) is 0 Å². The van der Waals surface area contributed by atoms with E-state index in [1.807, 2.05) is 6.07 Å².